The smallest absolute Gasteiger partial charge is 0.144 e. The summed E-state index contributed by atoms with van der Waals surface area (Å²) < 4.78 is 15.3. The molecular weight excluding hydrogens is 454 g/mol. The van der Waals surface area contributed by atoms with Gasteiger partial charge in [-0.05, 0) is 66.0 Å². The second kappa shape index (κ2) is 5.86. The quantitative estimate of drug-likeness (QED) is 0.605. The van der Waals surface area contributed by atoms with E-state index < -0.39 is 5.82 Å². The van der Waals surface area contributed by atoms with Crippen molar-refractivity contribution in [3.63, 3.8) is 0 Å². The summed E-state index contributed by atoms with van der Waals surface area (Å²) in [6.45, 7) is 0. The molecule has 0 atom stereocenters. The number of anilines is 2. The van der Waals surface area contributed by atoms with E-state index in [1.54, 1.807) is 6.20 Å². The van der Waals surface area contributed by atoms with Gasteiger partial charge in [0.05, 0.1) is 15.2 Å². The molecule has 0 aliphatic rings. The van der Waals surface area contributed by atoms with Gasteiger partial charge in [0.1, 0.15) is 11.6 Å². The van der Waals surface area contributed by atoms with E-state index in [1.165, 1.54) is 12.1 Å². The van der Waals surface area contributed by atoms with E-state index in [0.29, 0.717) is 16.0 Å². The molecule has 0 radical (unpaired) electrons. The van der Waals surface area contributed by atoms with Gasteiger partial charge in [-0.25, -0.2) is 9.37 Å². The van der Waals surface area contributed by atoms with Crippen LogP contribution >= 0.6 is 59.4 Å². The zero-order valence-electron chi connectivity index (χ0n) is 8.65. The Morgan fingerprint density at radius 3 is 2.44 bits per heavy atom. The fraction of sp³-hybridized carbons (Fsp3) is 0. The maximum Gasteiger partial charge on any atom is 0.144 e. The Morgan fingerprint density at radius 2 is 1.83 bits per heavy atom. The average molecular weight is 459 g/mol. The van der Waals surface area contributed by atoms with E-state index in [0.717, 1.165) is 8.95 Å². The number of nitrogens with one attached hydrogen (secondary N) is 1. The van der Waals surface area contributed by atoms with E-state index >= 15 is 0 Å². The zero-order chi connectivity index (χ0) is 13.3. The molecule has 0 saturated heterocycles. The third-order valence-electron chi connectivity index (χ3n) is 2.06. The van der Waals surface area contributed by atoms with Crippen molar-refractivity contribution < 1.29 is 4.39 Å². The van der Waals surface area contributed by atoms with Gasteiger partial charge in [-0.15, -0.1) is 0 Å². The predicted molar refractivity (Wildman–Crippen MR) is 82.0 cm³/mol. The van der Waals surface area contributed by atoms with Gasteiger partial charge < -0.3 is 5.32 Å². The van der Waals surface area contributed by atoms with Crippen molar-refractivity contribution in [2.75, 3.05) is 5.32 Å². The van der Waals surface area contributed by atoms with Crippen molar-refractivity contribution in [1.82, 2.24) is 4.98 Å². The fourth-order valence-corrected chi connectivity index (χ4v) is 3.27. The summed E-state index contributed by atoms with van der Waals surface area (Å²) in [4.78, 5) is 4.20. The van der Waals surface area contributed by atoms with Crippen LogP contribution in [-0.2, 0) is 0 Å². The molecule has 0 bridgehead atoms. The first-order valence-corrected chi connectivity index (χ1v) is 7.45. The first-order chi connectivity index (χ1) is 8.47. The fourth-order valence-electron chi connectivity index (χ4n) is 1.29. The van der Waals surface area contributed by atoms with Crippen molar-refractivity contribution >= 4 is 70.9 Å². The molecule has 7 heteroatoms. The first-order valence-electron chi connectivity index (χ1n) is 4.70. The van der Waals surface area contributed by atoms with E-state index in [9.17, 15) is 4.39 Å². The summed E-state index contributed by atoms with van der Waals surface area (Å²) in [5, 5.41) is 3.32. The maximum atomic E-state index is 13.1. The lowest BCUT2D eigenvalue weighted by atomic mass is 10.3. The van der Waals surface area contributed by atoms with Crippen molar-refractivity contribution in [2.45, 2.75) is 0 Å². The minimum absolute atomic E-state index is 0.276. The third-order valence-corrected chi connectivity index (χ3v) is 4.02. The number of nitrogens with zero attached hydrogens (tertiary/aromatic N) is 1. The molecule has 0 aliphatic heterocycles. The summed E-state index contributed by atoms with van der Waals surface area (Å²) >= 11 is 15.9. The highest BCUT2D eigenvalue weighted by Gasteiger charge is 2.11. The highest BCUT2D eigenvalue weighted by atomic mass is 79.9. The second-order valence-corrected chi connectivity index (χ2v) is 6.38. The number of halogens is 5. The number of hydrogen-bond acceptors (Lipinski definition) is 2. The molecule has 1 aromatic heterocycles. The molecule has 0 aliphatic carbocycles. The SMILES string of the molecule is Fc1cc(Cl)c(Nc2ncc(Br)cc2Br)c(Br)c1. The zero-order valence-corrected chi connectivity index (χ0v) is 14.2. The Morgan fingerprint density at radius 1 is 1.11 bits per heavy atom. The van der Waals surface area contributed by atoms with Crippen molar-refractivity contribution in [3.8, 4) is 0 Å². The first kappa shape index (κ1) is 14.2. The number of hydrogen-bond donors (Lipinski definition) is 1. The van der Waals surface area contributed by atoms with Gasteiger partial charge in [0.15, 0.2) is 0 Å². The lowest BCUT2D eigenvalue weighted by molar-refractivity contribution is 0.627. The van der Waals surface area contributed by atoms with E-state index in [1.807, 2.05) is 6.07 Å². The predicted octanol–water partition coefficient (Wildman–Crippen LogP) is 5.91. The van der Waals surface area contributed by atoms with Crippen LogP contribution in [-0.4, -0.2) is 4.98 Å². The normalized spacial score (nSPS) is 10.5. The molecule has 0 spiro atoms. The van der Waals surface area contributed by atoms with Gasteiger partial charge in [-0.2, -0.15) is 0 Å². The lowest BCUT2D eigenvalue weighted by Crippen LogP contribution is -1.97. The molecular formula is C11H5Br3ClFN2. The number of aromatic nitrogens is 1. The molecule has 0 unspecified atom stereocenters. The number of benzene rings is 1. The number of rotatable bonds is 2. The molecule has 0 amide bonds. The van der Waals surface area contributed by atoms with Gasteiger partial charge in [-0.3, -0.25) is 0 Å². The molecule has 2 aromatic rings. The van der Waals surface area contributed by atoms with Crippen LogP contribution < -0.4 is 5.32 Å². The molecule has 1 heterocycles. The average Bonchev–Trinajstić information content (AvgIpc) is 2.25. The number of pyridine rings is 1. The monoisotopic (exact) mass is 456 g/mol. The van der Waals surface area contributed by atoms with Crippen molar-refractivity contribution in [3.05, 3.63) is 48.7 Å². The van der Waals surface area contributed by atoms with Crippen LogP contribution in [0.25, 0.3) is 0 Å². The van der Waals surface area contributed by atoms with Crippen molar-refractivity contribution in [1.29, 1.82) is 0 Å². The van der Waals surface area contributed by atoms with Crippen LogP contribution in [0.2, 0.25) is 5.02 Å². The van der Waals surface area contributed by atoms with Crippen LogP contribution in [0.3, 0.4) is 0 Å². The molecule has 94 valence electrons. The van der Waals surface area contributed by atoms with Crippen molar-refractivity contribution in [2.24, 2.45) is 0 Å². The highest BCUT2D eigenvalue weighted by molar-refractivity contribution is 9.11. The third kappa shape index (κ3) is 3.23. The molecule has 1 aromatic carbocycles. The Hall–Kier alpha value is -0.170. The summed E-state index contributed by atoms with van der Waals surface area (Å²) in [5.74, 6) is 0.188. The van der Waals surface area contributed by atoms with E-state index in [-0.39, 0.29) is 5.02 Å². The molecule has 18 heavy (non-hydrogen) atoms. The van der Waals surface area contributed by atoms with Crippen LogP contribution in [0.5, 0.6) is 0 Å². The van der Waals surface area contributed by atoms with Crippen LogP contribution in [0.15, 0.2) is 37.8 Å². The summed E-state index contributed by atoms with van der Waals surface area (Å²) in [6.07, 6.45) is 1.65. The highest BCUT2D eigenvalue weighted by Crippen LogP contribution is 2.35. The molecule has 2 nitrogen and oxygen atoms in total. The maximum absolute atomic E-state index is 13.1. The van der Waals surface area contributed by atoms with Gasteiger partial charge in [-0.1, -0.05) is 11.6 Å². The molecule has 0 fully saturated rings. The second-order valence-electron chi connectivity index (χ2n) is 3.35. The van der Waals surface area contributed by atoms with Gasteiger partial charge in [0, 0.05) is 15.1 Å². The van der Waals surface area contributed by atoms with Gasteiger partial charge in [0.25, 0.3) is 0 Å². The molecule has 0 saturated carbocycles. The van der Waals surface area contributed by atoms with Crippen LogP contribution in [0.1, 0.15) is 0 Å². The topological polar surface area (TPSA) is 24.9 Å². The Kier molecular flexibility index (Phi) is 4.64. The van der Waals surface area contributed by atoms with Crippen LogP contribution in [0.4, 0.5) is 15.9 Å². The Balaban J connectivity index is 2.40. The van der Waals surface area contributed by atoms with Gasteiger partial charge in [0.2, 0.25) is 0 Å². The summed E-state index contributed by atoms with van der Waals surface area (Å²) in [5.41, 5.74) is 0.564. The largest absolute Gasteiger partial charge is 0.337 e. The Bertz CT molecular complexity index is 584. The molecule has 1 N–H and O–H groups in total. The summed E-state index contributed by atoms with van der Waals surface area (Å²) in [7, 11) is 0. The Labute approximate surface area is 133 Å². The van der Waals surface area contributed by atoms with Crippen LogP contribution in [0, 0.1) is 5.82 Å². The lowest BCUT2D eigenvalue weighted by Gasteiger charge is -2.11. The minimum Gasteiger partial charge on any atom is -0.337 e. The van der Waals surface area contributed by atoms with Gasteiger partial charge >= 0.3 is 0 Å². The molecule has 2 rings (SSSR count). The standard InChI is InChI=1S/C11H5Br3ClFN2/c12-5-1-8(14)11(17-4-5)18-10-7(13)2-6(16)3-9(10)15/h1-4H,(H,17,18). The minimum atomic E-state index is -0.403. The van der Waals surface area contributed by atoms with E-state index in [4.69, 9.17) is 11.6 Å². The summed E-state index contributed by atoms with van der Waals surface area (Å²) in [6, 6.07) is 4.42. The van der Waals surface area contributed by atoms with E-state index in [2.05, 4.69) is 58.1 Å².